The molecule has 0 fully saturated rings. The van der Waals surface area contributed by atoms with E-state index in [2.05, 4.69) is 9.40 Å². The van der Waals surface area contributed by atoms with E-state index in [-0.39, 0.29) is 35.4 Å². The molecule has 0 bridgehead atoms. The molecule has 1 radical (unpaired) electrons. The van der Waals surface area contributed by atoms with Gasteiger partial charge >= 0.3 is 11.9 Å². The smallest absolute Gasteiger partial charge is 0.392 e. The van der Waals surface area contributed by atoms with Crippen molar-refractivity contribution in [2.24, 2.45) is 0 Å². The molecule has 10 heavy (non-hydrogen) atoms. The predicted molar refractivity (Wildman–Crippen MR) is 34.0 cm³/mol. The molecule has 1 aromatic rings. The van der Waals surface area contributed by atoms with E-state index >= 15 is 0 Å². The molecule has 0 aliphatic rings. The van der Waals surface area contributed by atoms with E-state index in [4.69, 9.17) is 5.11 Å². The zero-order chi connectivity index (χ0) is 6.85. The van der Waals surface area contributed by atoms with E-state index in [0.717, 1.165) is 0 Å². The van der Waals surface area contributed by atoms with Crippen molar-refractivity contribution in [3.05, 3.63) is 17.8 Å². The molecular weight excluding hydrogens is 145 g/mol. The number of hydrogen-bond acceptors (Lipinski definition) is 3. The summed E-state index contributed by atoms with van der Waals surface area (Å²) in [6, 6.07) is 0. The molecule has 0 amide bonds. The zero-order valence-electron chi connectivity index (χ0n) is 5.79. The molecule has 0 unspecified atom stereocenters. The maximum atomic E-state index is 10.1. The van der Waals surface area contributed by atoms with Crippen LogP contribution in [0.3, 0.4) is 0 Å². The van der Waals surface area contributed by atoms with Gasteiger partial charge in [-0.15, -0.1) is 0 Å². The van der Waals surface area contributed by atoms with Crippen molar-refractivity contribution in [1.29, 1.82) is 0 Å². The van der Waals surface area contributed by atoms with Crippen molar-refractivity contribution < 1.29 is 14.3 Å². The van der Waals surface area contributed by atoms with Crippen molar-refractivity contribution in [1.82, 2.24) is 4.98 Å². The van der Waals surface area contributed by atoms with Crippen molar-refractivity contribution in [3.8, 4) is 0 Å². The summed E-state index contributed by atoms with van der Waals surface area (Å²) >= 11 is 0. The van der Waals surface area contributed by atoms with Gasteiger partial charge in [-0.25, -0.2) is 9.78 Å². The molecule has 4 nitrogen and oxygen atoms in total. The van der Waals surface area contributed by atoms with Crippen LogP contribution in [0.4, 0.5) is 0 Å². The van der Waals surface area contributed by atoms with E-state index in [1.54, 1.807) is 6.92 Å². The number of carbonyl (C=O) groups is 1. The average molecular weight is 150 g/mol. The number of carboxylic acid groups (broad SMARTS) is 1. The molecule has 0 atom stereocenters. The summed E-state index contributed by atoms with van der Waals surface area (Å²) in [4.78, 5) is 13.5. The van der Waals surface area contributed by atoms with Gasteiger partial charge < -0.3 is 9.52 Å². The van der Waals surface area contributed by atoms with Crippen molar-refractivity contribution >= 4 is 35.5 Å². The third-order valence-corrected chi connectivity index (χ3v) is 0.804. The summed E-state index contributed by atoms with van der Waals surface area (Å²) < 4.78 is 4.63. The topological polar surface area (TPSA) is 63.3 Å². The molecule has 0 aromatic carbocycles. The van der Waals surface area contributed by atoms with Gasteiger partial charge in [0.1, 0.15) is 5.76 Å². The second-order valence-corrected chi connectivity index (χ2v) is 1.58. The van der Waals surface area contributed by atoms with Crippen LogP contribution in [0.2, 0.25) is 0 Å². The third kappa shape index (κ3) is 2.13. The molecule has 1 heterocycles. The quantitative estimate of drug-likeness (QED) is 0.585. The van der Waals surface area contributed by atoms with E-state index in [1.165, 1.54) is 6.20 Å². The van der Waals surface area contributed by atoms with Crippen LogP contribution in [0.15, 0.2) is 10.6 Å². The van der Waals surface area contributed by atoms with Crippen LogP contribution in [-0.2, 0) is 0 Å². The van der Waals surface area contributed by atoms with Gasteiger partial charge in [0, 0.05) is 29.6 Å². The maximum absolute atomic E-state index is 10.1. The monoisotopic (exact) mass is 150 g/mol. The first-order valence-electron chi connectivity index (χ1n) is 2.36. The van der Waals surface area contributed by atoms with Crippen molar-refractivity contribution in [2.75, 3.05) is 0 Å². The summed E-state index contributed by atoms with van der Waals surface area (Å²) in [5.74, 6) is -0.886. The Morgan fingerprint density at radius 1 is 1.80 bits per heavy atom. The predicted octanol–water partition coefficient (Wildman–Crippen LogP) is 0.300. The minimum Gasteiger partial charge on any atom is -0.474 e. The first kappa shape index (κ1) is 9.68. The summed E-state index contributed by atoms with van der Waals surface area (Å²) in [7, 11) is 0. The Bertz CT molecular complexity index is 233. The van der Waals surface area contributed by atoms with Gasteiger partial charge in [-0.05, 0) is 6.92 Å². The Kier molecular flexibility index (Phi) is 3.63. The standard InChI is InChI=1S/C5H5NO3.Na/c1-3-2-6-4(9-3)5(7)8;/h2H,1H3,(H,7,8);. The van der Waals surface area contributed by atoms with Crippen LogP contribution in [-0.4, -0.2) is 45.6 Å². The largest absolute Gasteiger partial charge is 0.474 e. The first-order valence-corrected chi connectivity index (χ1v) is 2.36. The number of rotatable bonds is 1. The Labute approximate surface area is 79.5 Å². The second kappa shape index (κ2) is 3.75. The molecule has 0 aliphatic heterocycles. The summed E-state index contributed by atoms with van der Waals surface area (Å²) in [6.45, 7) is 1.64. The molecule has 0 saturated heterocycles. The van der Waals surface area contributed by atoms with E-state index in [0.29, 0.717) is 5.76 Å². The van der Waals surface area contributed by atoms with E-state index < -0.39 is 5.97 Å². The number of aromatic carboxylic acids is 1. The second-order valence-electron chi connectivity index (χ2n) is 1.58. The van der Waals surface area contributed by atoms with Crippen molar-refractivity contribution in [3.63, 3.8) is 0 Å². The molecule has 1 N–H and O–H groups in total. The number of oxazole rings is 1. The fraction of sp³-hybridized carbons (Fsp3) is 0.200. The average Bonchev–Trinajstić information content (AvgIpc) is 2.14. The maximum Gasteiger partial charge on any atom is 0.392 e. The molecule has 49 valence electrons. The Morgan fingerprint density at radius 3 is 2.60 bits per heavy atom. The van der Waals surface area contributed by atoms with Gasteiger partial charge in [-0.2, -0.15) is 0 Å². The molecule has 0 aliphatic carbocycles. The van der Waals surface area contributed by atoms with Crippen LogP contribution in [0.25, 0.3) is 0 Å². The molecule has 0 spiro atoms. The minimum absolute atomic E-state index is 0. The number of hydrogen-bond donors (Lipinski definition) is 1. The van der Waals surface area contributed by atoms with Crippen LogP contribution >= 0.6 is 0 Å². The number of nitrogens with zero attached hydrogens (tertiary/aromatic N) is 1. The van der Waals surface area contributed by atoms with Crippen LogP contribution < -0.4 is 0 Å². The van der Waals surface area contributed by atoms with Gasteiger partial charge in [0.25, 0.3) is 0 Å². The molecule has 5 heteroatoms. The van der Waals surface area contributed by atoms with Crippen LogP contribution in [0, 0.1) is 6.92 Å². The summed E-state index contributed by atoms with van der Waals surface area (Å²) in [6.07, 6.45) is 1.36. The van der Waals surface area contributed by atoms with Crippen molar-refractivity contribution in [2.45, 2.75) is 6.92 Å². The van der Waals surface area contributed by atoms with Gasteiger partial charge in [0.15, 0.2) is 0 Å². The number of carboxylic acids is 1. The van der Waals surface area contributed by atoms with Crippen LogP contribution in [0.5, 0.6) is 0 Å². The molecule has 0 saturated carbocycles. The fourth-order valence-electron chi connectivity index (χ4n) is 0.454. The Balaban J connectivity index is 0.000000810. The van der Waals surface area contributed by atoms with E-state index in [9.17, 15) is 4.79 Å². The first-order chi connectivity index (χ1) is 4.20. The normalized spacial score (nSPS) is 8.50. The Hall–Kier alpha value is -0.320. The van der Waals surface area contributed by atoms with E-state index in [1.807, 2.05) is 0 Å². The zero-order valence-corrected chi connectivity index (χ0v) is 7.79. The summed E-state index contributed by atoms with van der Waals surface area (Å²) in [5, 5.41) is 8.24. The van der Waals surface area contributed by atoms with Gasteiger partial charge in [-0.1, -0.05) is 0 Å². The fourth-order valence-corrected chi connectivity index (χ4v) is 0.454. The molecule has 1 aromatic heterocycles. The molecular formula is C5H5NNaO3. The van der Waals surface area contributed by atoms with Crippen LogP contribution in [0.1, 0.15) is 16.4 Å². The van der Waals surface area contributed by atoms with Gasteiger partial charge in [-0.3, -0.25) is 0 Å². The third-order valence-electron chi connectivity index (χ3n) is 0.804. The van der Waals surface area contributed by atoms with Gasteiger partial charge in [0.2, 0.25) is 0 Å². The molecule has 1 rings (SSSR count). The Morgan fingerprint density at radius 2 is 2.40 bits per heavy atom. The number of aromatic nitrogens is 1. The number of aryl methyl sites for hydroxylation is 1. The van der Waals surface area contributed by atoms with Gasteiger partial charge in [0.05, 0.1) is 6.20 Å². The minimum atomic E-state index is -1.14. The summed E-state index contributed by atoms with van der Waals surface area (Å²) in [5.41, 5.74) is 0. The SMILES string of the molecule is Cc1cnc(C(=O)O)o1.[Na].